The largest absolute Gasteiger partial charge is 0.420 e. The van der Waals surface area contributed by atoms with Crippen molar-refractivity contribution in [1.82, 2.24) is 15.5 Å². The lowest BCUT2D eigenvalue weighted by atomic mass is 9.61. The van der Waals surface area contributed by atoms with Gasteiger partial charge in [-0.25, -0.2) is 0 Å². The van der Waals surface area contributed by atoms with E-state index >= 15 is 0 Å². The van der Waals surface area contributed by atoms with Crippen molar-refractivity contribution in [3.05, 3.63) is 57.6 Å². The van der Waals surface area contributed by atoms with Crippen LogP contribution in [-0.2, 0) is 17.8 Å². The van der Waals surface area contributed by atoms with E-state index in [1.165, 1.54) is 7.05 Å². The Balaban J connectivity index is 2.54. The minimum Gasteiger partial charge on any atom is -0.420 e. The monoisotopic (exact) mass is 444 g/mol. The van der Waals surface area contributed by atoms with Gasteiger partial charge in [0.05, 0.1) is 22.1 Å². The summed E-state index contributed by atoms with van der Waals surface area (Å²) in [4.78, 5) is 0. The molecule has 5 nitrogen and oxygen atoms in total. The number of aryl methyl sites for hydroxylation is 1. The van der Waals surface area contributed by atoms with Gasteiger partial charge in [-0.05, 0) is 36.6 Å². The van der Waals surface area contributed by atoms with Crippen LogP contribution in [0.1, 0.15) is 41.8 Å². The number of nitriles is 1. The Morgan fingerprint density at radius 2 is 1.65 bits per heavy atom. The molecule has 1 unspecified atom stereocenters. The highest BCUT2D eigenvalue weighted by molar-refractivity contribution is 5.62. The van der Waals surface area contributed by atoms with Crippen LogP contribution in [0.15, 0.2) is 29.7 Å². The summed E-state index contributed by atoms with van der Waals surface area (Å²) in [7, 11) is 1.43. The number of aromatic amines is 1. The first-order valence-corrected chi connectivity index (χ1v) is 9.14. The Labute approximate surface area is 173 Å². The zero-order valence-corrected chi connectivity index (χ0v) is 16.9. The van der Waals surface area contributed by atoms with Crippen molar-refractivity contribution in [3.8, 4) is 11.9 Å². The molecule has 1 aliphatic heterocycles. The zero-order chi connectivity index (χ0) is 23.4. The molecule has 1 aromatic carbocycles. The summed E-state index contributed by atoms with van der Waals surface area (Å²) in [5.74, 6) is -0.768. The first kappa shape index (κ1) is 22.5. The second kappa shape index (κ2) is 7.21. The van der Waals surface area contributed by atoms with Gasteiger partial charge in [0, 0.05) is 12.7 Å². The molecule has 1 aromatic heterocycles. The molecule has 0 saturated heterocycles. The lowest BCUT2D eigenvalue weighted by Crippen LogP contribution is -2.42. The molecule has 0 bridgehead atoms. The lowest BCUT2D eigenvalue weighted by molar-refractivity contribution is -0.143. The Morgan fingerprint density at radius 3 is 2.06 bits per heavy atom. The molecule has 2 heterocycles. The predicted octanol–water partition coefficient (Wildman–Crippen LogP) is 5.04. The number of fused-ring (bicyclic) bond motifs is 1. The van der Waals surface area contributed by atoms with Gasteiger partial charge in [-0.1, -0.05) is 13.8 Å². The molecular formula is C20H18F6N4O. The number of allylic oxidation sites excluding steroid dienone is 1. The maximum absolute atomic E-state index is 13.6. The van der Waals surface area contributed by atoms with E-state index in [1.807, 2.05) is 6.07 Å². The van der Waals surface area contributed by atoms with Crippen molar-refractivity contribution in [2.24, 2.45) is 5.92 Å². The maximum atomic E-state index is 13.6. The third kappa shape index (κ3) is 3.40. The molecule has 166 valence electrons. The molecule has 0 saturated carbocycles. The van der Waals surface area contributed by atoms with E-state index < -0.39 is 34.8 Å². The number of halogens is 6. The smallest absolute Gasteiger partial charge is 0.416 e. The van der Waals surface area contributed by atoms with Crippen molar-refractivity contribution in [3.63, 3.8) is 0 Å². The van der Waals surface area contributed by atoms with Crippen LogP contribution in [0.3, 0.4) is 0 Å². The number of nitrogens with one attached hydrogen (secondary N) is 2. The third-order valence-corrected chi connectivity index (χ3v) is 5.38. The van der Waals surface area contributed by atoms with Gasteiger partial charge in [0.1, 0.15) is 11.6 Å². The summed E-state index contributed by atoms with van der Waals surface area (Å²) in [5.41, 5.74) is -4.51. The second-order valence-electron chi connectivity index (χ2n) is 7.45. The average molecular weight is 444 g/mol. The van der Waals surface area contributed by atoms with Gasteiger partial charge < -0.3 is 10.1 Å². The molecule has 0 spiro atoms. The number of hydrogen-bond acceptors (Lipinski definition) is 4. The normalized spacial score (nSPS) is 19.2. The van der Waals surface area contributed by atoms with Gasteiger partial charge in [0.15, 0.2) is 0 Å². The molecule has 3 rings (SSSR count). The van der Waals surface area contributed by atoms with E-state index in [0.29, 0.717) is 17.8 Å². The summed E-state index contributed by atoms with van der Waals surface area (Å²) in [6.45, 7) is 4.78. The predicted molar refractivity (Wildman–Crippen MR) is 97.7 cm³/mol. The topological polar surface area (TPSA) is 73.7 Å². The summed E-state index contributed by atoms with van der Waals surface area (Å²) in [6.07, 6.45) is -10.1. The highest BCUT2D eigenvalue weighted by Crippen LogP contribution is 2.54. The molecule has 11 heteroatoms. The number of ether oxygens (including phenoxy) is 1. The molecule has 31 heavy (non-hydrogen) atoms. The van der Waals surface area contributed by atoms with Crippen molar-refractivity contribution >= 4 is 0 Å². The first-order chi connectivity index (χ1) is 14.3. The third-order valence-electron chi connectivity index (χ3n) is 5.38. The van der Waals surface area contributed by atoms with E-state index in [0.717, 1.165) is 0 Å². The quantitative estimate of drug-likeness (QED) is 0.651. The van der Waals surface area contributed by atoms with E-state index in [-0.39, 0.29) is 34.5 Å². The van der Waals surface area contributed by atoms with Crippen LogP contribution < -0.4 is 10.1 Å². The summed E-state index contributed by atoms with van der Waals surface area (Å²) in [5, 5.41) is 19.3. The van der Waals surface area contributed by atoms with E-state index in [1.54, 1.807) is 20.8 Å². The standard InChI is InChI=1S/C20H18F6N4O/c1-9(2)18(11-5-12(19(21,22)23)7-13(6-11)20(24,25)26)14(8-27)16(28-4)31-17-15(18)10(3)29-30-17/h5-7,9,28H,1-4H3,(H,29,30). The lowest BCUT2D eigenvalue weighted by Gasteiger charge is -2.41. The molecule has 0 fully saturated rings. The van der Waals surface area contributed by atoms with Gasteiger partial charge in [-0.15, -0.1) is 5.10 Å². The average Bonchev–Trinajstić information content (AvgIpc) is 3.05. The molecule has 1 aliphatic rings. The highest BCUT2D eigenvalue weighted by Gasteiger charge is 2.52. The van der Waals surface area contributed by atoms with Crippen LogP contribution >= 0.6 is 0 Å². The van der Waals surface area contributed by atoms with Gasteiger partial charge in [-0.2, -0.15) is 31.6 Å². The fourth-order valence-electron chi connectivity index (χ4n) is 4.09. The summed E-state index contributed by atoms with van der Waals surface area (Å²) < 4.78 is 87.0. The first-order valence-electron chi connectivity index (χ1n) is 9.14. The van der Waals surface area contributed by atoms with Crippen LogP contribution in [-0.4, -0.2) is 17.2 Å². The minimum absolute atomic E-state index is 0.0273. The number of alkyl halides is 6. The molecule has 1 atom stereocenters. The zero-order valence-electron chi connectivity index (χ0n) is 16.9. The number of hydrogen-bond donors (Lipinski definition) is 2. The summed E-state index contributed by atoms with van der Waals surface area (Å²) >= 11 is 0. The minimum atomic E-state index is -5.03. The van der Waals surface area contributed by atoms with E-state index in [9.17, 15) is 31.6 Å². The molecule has 0 amide bonds. The number of aromatic nitrogens is 2. The van der Waals surface area contributed by atoms with Crippen molar-refractivity contribution in [2.45, 2.75) is 38.5 Å². The molecule has 0 aliphatic carbocycles. The van der Waals surface area contributed by atoms with Crippen molar-refractivity contribution in [1.29, 1.82) is 5.26 Å². The van der Waals surface area contributed by atoms with Gasteiger partial charge in [0.25, 0.3) is 0 Å². The number of benzene rings is 1. The van der Waals surface area contributed by atoms with Gasteiger partial charge in [0.2, 0.25) is 11.8 Å². The number of rotatable bonds is 3. The van der Waals surface area contributed by atoms with Gasteiger partial charge >= 0.3 is 12.4 Å². The van der Waals surface area contributed by atoms with E-state index in [2.05, 4.69) is 15.5 Å². The van der Waals surface area contributed by atoms with Crippen molar-refractivity contribution < 1.29 is 31.1 Å². The number of H-pyrrole nitrogens is 1. The highest BCUT2D eigenvalue weighted by atomic mass is 19.4. The number of nitrogens with zero attached hydrogens (tertiary/aromatic N) is 2. The van der Waals surface area contributed by atoms with Gasteiger partial charge in [-0.3, -0.25) is 5.10 Å². The Bertz CT molecular complexity index is 1060. The second-order valence-corrected chi connectivity index (χ2v) is 7.45. The molecule has 2 aromatic rings. The molecular weight excluding hydrogens is 426 g/mol. The van der Waals surface area contributed by atoms with Crippen LogP contribution in [0, 0.1) is 24.2 Å². The van der Waals surface area contributed by atoms with Crippen molar-refractivity contribution in [2.75, 3.05) is 7.05 Å². The Hall–Kier alpha value is -3.16. The van der Waals surface area contributed by atoms with Crippen LogP contribution in [0.5, 0.6) is 5.88 Å². The summed E-state index contributed by atoms with van der Waals surface area (Å²) in [6, 6.07) is 3.31. The van der Waals surface area contributed by atoms with Crippen LogP contribution in [0.25, 0.3) is 0 Å². The van der Waals surface area contributed by atoms with E-state index in [4.69, 9.17) is 4.74 Å². The molecule has 0 radical (unpaired) electrons. The maximum Gasteiger partial charge on any atom is 0.416 e. The fraction of sp³-hybridized carbons (Fsp3) is 0.400. The SMILES string of the molecule is CNC1=C(C#N)C(c2cc(C(F)(F)F)cc(C(F)(F)F)c2)(C(C)C)c2c(n[nH]c2C)O1. The molecule has 2 N–H and O–H groups in total. The fourth-order valence-corrected chi connectivity index (χ4v) is 4.09. The van der Waals surface area contributed by atoms with Crippen LogP contribution in [0.2, 0.25) is 0 Å². The Morgan fingerprint density at radius 1 is 1.10 bits per heavy atom. The van der Waals surface area contributed by atoms with Crippen LogP contribution in [0.4, 0.5) is 26.3 Å². The Kier molecular flexibility index (Phi) is 5.24.